The zero-order valence-corrected chi connectivity index (χ0v) is 14.0. The fourth-order valence-electron chi connectivity index (χ4n) is 3.02. The van der Waals surface area contributed by atoms with E-state index >= 15 is 0 Å². The summed E-state index contributed by atoms with van der Waals surface area (Å²) in [6.45, 7) is 1.52. The summed E-state index contributed by atoms with van der Waals surface area (Å²) in [6, 6.07) is 12.4. The molecule has 25 heavy (non-hydrogen) atoms. The molecule has 0 spiro atoms. The molecule has 0 radical (unpaired) electrons. The lowest BCUT2D eigenvalue weighted by atomic mass is 10.1. The molecule has 1 aliphatic heterocycles. The van der Waals surface area contributed by atoms with Crippen molar-refractivity contribution >= 4 is 17.5 Å². The fourth-order valence-corrected chi connectivity index (χ4v) is 3.02. The van der Waals surface area contributed by atoms with Crippen LogP contribution in [0.15, 0.2) is 48.5 Å². The van der Waals surface area contributed by atoms with Gasteiger partial charge in [-0.25, -0.2) is 4.39 Å². The van der Waals surface area contributed by atoms with Crippen LogP contribution in [-0.2, 0) is 0 Å². The molecular weight excluding hydrogens is 319 g/mol. The maximum atomic E-state index is 13.2. The summed E-state index contributed by atoms with van der Waals surface area (Å²) in [7, 11) is 0. The van der Waals surface area contributed by atoms with Gasteiger partial charge in [0.1, 0.15) is 5.82 Å². The molecule has 1 aliphatic rings. The molecule has 0 aromatic heterocycles. The fraction of sp³-hybridized carbons (Fsp3) is 0.300. The number of benzene rings is 2. The number of rotatable bonds is 3. The lowest BCUT2D eigenvalue weighted by molar-refractivity contribution is 0.0761. The molecule has 2 aromatic carbocycles. The van der Waals surface area contributed by atoms with Gasteiger partial charge in [0, 0.05) is 29.9 Å². The van der Waals surface area contributed by atoms with Crippen LogP contribution in [0.25, 0.3) is 0 Å². The third-order valence-corrected chi connectivity index (χ3v) is 4.35. The molecule has 3 rings (SSSR count). The molecule has 1 N–H and O–H groups in total. The highest BCUT2D eigenvalue weighted by molar-refractivity contribution is 6.06. The van der Waals surface area contributed by atoms with Gasteiger partial charge in [-0.1, -0.05) is 25.0 Å². The Kier molecular flexibility index (Phi) is 5.43. The molecule has 0 unspecified atom stereocenters. The number of nitrogens with zero attached hydrogens (tertiary/aromatic N) is 1. The third kappa shape index (κ3) is 4.44. The molecule has 0 saturated carbocycles. The molecule has 2 amide bonds. The summed E-state index contributed by atoms with van der Waals surface area (Å²) in [6.07, 6.45) is 4.34. The Morgan fingerprint density at radius 2 is 1.56 bits per heavy atom. The topological polar surface area (TPSA) is 49.4 Å². The number of likely N-dealkylation sites (tertiary alicyclic amines) is 1. The average molecular weight is 340 g/mol. The minimum atomic E-state index is -0.414. The van der Waals surface area contributed by atoms with Crippen LogP contribution in [0.3, 0.4) is 0 Å². The van der Waals surface area contributed by atoms with E-state index < -0.39 is 5.82 Å². The second-order valence-electron chi connectivity index (χ2n) is 6.25. The van der Waals surface area contributed by atoms with Gasteiger partial charge in [-0.2, -0.15) is 0 Å². The predicted molar refractivity (Wildman–Crippen MR) is 95.2 cm³/mol. The maximum absolute atomic E-state index is 13.2. The largest absolute Gasteiger partial charge is 0.339 e. The smallest absolute Gasteiger partial charge is 0.255 e. The molecule has 1 saturated heterocycles. The number of hydrogen-bond acceptors (Lipinski definition) is 2. The summed E-state index contributed by atoms with van der Waals surface area (Å²) < 4.78 is 13.2. The molecule has 2 aromatic rings. The van der Waals surface area contributed by atoms with E-state index in [1.54, 1.807) is 30.3 Å². The Hall–Kier alpha value is -2.69. The van der Waals surface area contributed by atoms with Crippen LogP contribution in [0, 0.1) is 5.82 Å². The second-order valence-corrected chi connectivity index (χ2v) is 6.25. The van der Waals surface area contributed by atoms with Crippen molar-refractivity contribution in [3.63, 3.8) is 0 Å². The van der Waals surface area contributed by atoms with Crippen LogP contribution in [0.5, 0.6) is 0 Å². The van der Waals surface area contributed by atoms with Crippen LogP contribution < -0.4 is 5.32 Å². The molecule has 0 bridgehead atoms. The maximum Gasteiger partial charge on any atom is 0.255 e. The van der Waals surface area contributed by atoms with E-state index in [9.17, 15) is 14.0 Å². The highest BCUT2D eigenvalue weighted by Gasteiger charge is 2.18. The molecule has 130 valence electrons. The zero-order chi connectivity index (χ0) is 17.6. The van der Waals surface area contributed by atoms with E-state index in [0.717, 1.165) is 38.8 Å². The first kappa shape index (κ1) is 17.1. The Balaban J connectivity index is 1.74. The minimum absolute atomic E-state index is 0.0395. The standard InChI is InChI=1S/C20H21FN2O2/c21-17-9-6-10-18(14-17)22-19(24)15-7-5-8-16(13-15)20(25)23-11-3-1-2-4-12-23/h5-10,13-14H,1-4,11-12H2,(H,22,24). The van der Waals surface area contributed by atoms with Crippen molar-refractivity contribution in [1.29, 1.82) is 0 Å². The number of halogens is 1. The van der Waals surface area contributed by atoms with Crippen molar-refractivity contribution in [2.45, 2.75) is 25.7 Å². The first-order valence-electron chi connectivity index (χ1n) is 8.60. The molecular formula is C20H21FN2O2. The lowest BCUT2D eigenvalue weighted by Gasteiger charge is -2.20. The normalized spacial score (nSPS) is 14.7. The number of amides is 2. The third-order valence-electron chi connectivity index (χ3n) is 4.35. The van der Waals surface area contributed by atoms with Crippen LogP contribution in [0.2, 0.25) is 0 Å². The Morgan fingerprint density at radius 3 is 2.28 bits per heavy atom. The average Bonchev–Trinajstić information content (AvgIpc) is 2.90. The van der Waals surface area contributed by atoms with Crippen molar-refractivity contribution in [1.82, 2.24) is 4.90 Å². The summed E-state index contributed by atoms with van der Waals surface area (Å²) in [4.78, 5) is 26.9. The molecule has 1 heterocycles. The summed E-state index contributed by atoms with van der Waals surface area (Å²) in [5, 5.41) is 2.65. The van der Waals surface area contributed by atoms with E-state index in [2.05, 4.69) is 5.32 Å². The van der Waals surface area contributed by atoms with Gasteiger partial charge >= 0.3 is 0 Å². The van der Waals surface area contributed by atoms with E-state index in [-0.39, 0.29) is 11.8 Å². The van der Waals surface area contributed by atoms with Crippen molar-refractivity contribution in [3.8, 4) is 0 Å². The highest BCUT2D eigenvalue weighted by atomic mass is 19.1. The van der Waals surface area contributed by atoms with Gasteiger partial charge in [0.15, 0.2) is 0 Å². The van der Waals surface area contributed by atoms with Crippen molar-refractivity contribution in [2.24, 2.45) is 0 Å². The first-order valence-corrected chi connectivity index (χ1v) is 8.60. The number of nitrogens with one attached hydrogen (secondary N) is 1. The van der Waals surface area contributed by atoms with Crippen LogP contribution >= 0.6 is 0 Å². The van der Waals surface area contributed by atoms with Crippen molar-refractivity contribution < 1.29 is 14.0 Å². The van der Waals surface area contributed by atoms with Gasteiger partial charge in [0.25, 0.3) is 11.8 Å². The van der Waals surface area contributed by atoms with Gasteiger partial charge in [-0.3, -0.25) is 9.59 Å². The second kappa shape index (κ2) is 7.92. The van der Waals surface area contributed by atoms with Crippen LogP contribution in [-0.4, -0.2) is 29.8 Å². The summed E-state index contributed by atoms with van der Waals surface area (Å²) in [5.41, 5.74) is 1.27. The summed E-state index contributed by atoms with van der Waals surface area (Å²) in [5.74, 6) is -0.818. The van der Waals surface area contributed by atoms with Gasteiger partial charge in [0.2, 0.25) is 0 Å². The Bertz CT molecular complexity index is 768. The van der Waals surface area contributed by atoms with E-state index in [1.807, 2.05) is 4.90 Å². The number of hydrogen-bond donors (Lipinski definition) is 1. The van der Waals surface area contributed by atoms with Gasteiger partial charge in [-0.15, -0.1) is 0 Å². The molecule has 0 aliphatic carbocycles. The van der Waals surface area contributed by atoms with Crippen molar-refractivity contribution in [2.75, 3.05) is 18.4 Å². The zero-order valence-electron chi connectivity index (χ0n) is 14.0. The van der Waals surface area contributed by atoms with Crippen LogP contribution in [0.4, 0.5) is 10.1 Å². The molecule has 1 fully saturated rings. The minimum Gasteiger partial charge on any atom is -0.339 e. The highest BCUT2D eigenvalue weighted by Crippen LogP contribution is 2.16. The number of anilines is 1. The molecule has 5 heteroatoms. The van der Waals surface area contributed by atoms with E-state index in [4.69, 9.17) is 0 Å². The lowest BCUT2D eigenvalue weighted by Crippen LogP contribution is -2.32. The SMILES string of the molecule is O=C(Nc1cccc(F)c1)c1cccc(C(=O)N2CCCCCC2)c1. The van der Waals surface area contributed by atoms with E-state index in [1.165, 1.54) is 18.2 Å². The quantitative estimate of drug-likeness (QED) is 0.915. The molecule has 4 nitrogen and oxygen atoms in total. The monoisotopic (exact) mass is 340 g/mol. The number of carbonyl (C=O) groups is 2. The van der Waals surface area contributed by atoms with Gasteiger partial charge in [-0.05, 0) is 49.2 Å². The van der Waals surface area contributed by atoms with Gasteiger partial charge < -0.3 is 10.2 Å². The molecule has 0 atom stereocenters. The predicted octanol–water partition coefficient (Wildman–Crippen LogP) is 4.09. The first-order chi connectivity index (χ1) is 12.1. The number of carbonyl (C=O) groups excluding carboxylic acids is 2. The van der Waals surface area contributed by atoms with E-state index in [0.29, 0.717) is 16.8 Å². The summed E-state index contributed by atoms with van der Waals surface area (Å²) >= 11 is 0. The van der Waals surface area contributed by atoms with Crippen molar-refractivity contribution in [3.05, 3.63) is 65.5 Å². The Morgan fingerprint density at radius 1 is 0.880 bits per heavy atom. The van der Waals surface area contributed by atoms with Crippen LogP contribution in [0.1, 0.15) is 46.4 Å². The van der Waals surface area contributed by atoms with Gasteiger partial charge in [0.05, 0.1) is 0 Å². The Labute approximate surface area is 146 Å².